The van der Waals surface area contributed by atoms with Crippen molar-refractivity contribution in [3.8, 4) is 0 Å². The van der Waals surface area contributed by atoms with Gasteiger partial charge in [0.15, 0.2) is 5.78 Å². The van der Waals surface area contributed by atoms with Gasteiger partial charge in [0.25, 0.3) is 0 Å². The molecule has 0 aliphatic carbocycles. The second kappa shape index (κ2) is 2.67. The quantitative estimate of drug-likeness (QED) is 0.510. The summed E-state index contributed by atoms with van der Waals surface area (Å²) in [4.78, 5) is 11.7. The van der Waals surface area contributed by atoms with Gasteiger partial charge in [-0.15, -0.1) is 0 Å². The van der Waals surface area contributed by atoms with E-state index in [2.05, 4.69) is 0 Å². The van der Waals surface area contributed by atoms with Crippen molar-refractivity contribution >= 4 is 5.78 Å². The van der Waals surface area contributed by atoms with Crippen molar-refractivity contribution in [1.82, 2.24) is 0 Å². The number of ketones is 1. The predicted molar refractivity (Wildman–Crippen MR) is 49.7 cm³/mol. The van der Waals surface area contributed by atoms with Crippen LogP contribution in [0.3, 0.4) is 0 Å². The lowest BCUT2D eigenvalue weighted by molar-refractivity contribution is 0.0953. The Kier molecular flexibility index (Phi) is 1.74. The molecule has 0 amide bonds. The highest BCUT2D eigenvalue weighted by atomic mass is 16.6. The van der Waals surface area contributed by atoms with Gasteiger partial charge >= 0.3 is 0 Å². The molecule has 1 atom stereocenters. The Balaban J connectivity index is 2.17. The molecule has 0 saturated carbocycles. The fourth-order valence-electron chi connectivity index (χ4n) is 1.39. The van der Waals surface area contributed by atoms with Crippen LogP contribution < -0.4 is 0 Å². The highest BCUT2D eigenvalue weighted by Crippen LogP contribution is 2.37. The van der Waals surface area contributed by atoms with Crippen LogP contribution in [0.5, 0.6) is 0 Å². The molecule has 1 aliphatic heterocycles. The maximum Gasteiger partial charge on any atom is 0.194 e. The molecule has 1 saturated heterocycles. The summed E-state index contributed by atoms with van der Waals surface area (Å²) in [5.74, 6) is 0.0885. The molecular weight excluding hydrogens is 164 g/mol. The van der Waals surface area contributed by atoms with Gasteiger partial charge in [-0.3, -0.25) is 4.79 Å². The lowest BCUT2D eigenvalue weighted by Crippen LogP contribution is -2.14. The molecule has 1 heterocycles. The lowest BCUT2D eigenvalue weighted by Gasteiger charge is -1.97. The van der Waals surface area contributed by atoms with Gasteiger partial charge in [0, 0.05) is 5.56 Å². The standard InChI is InChI=1S/C11H12O2/c1-11(2)10(13-11)9(12)8-6-4-3-5-7-8/h3-7,10H,1-2H3/t10-/m1/s1. The topological polar surface area (TPSA) is 29.6 Å². The molecule has 0 radical (unpaired) electrons. The summed E-state index contributed by atoms with van der Waals surface area (Å²) in [5.41, 5.74) is 0.477. The second-order valence-corrected chi connectivity index (χ2v) is 3.83. The Hall–Kier alpha value is -1.15. The molecule has 68 valence electrons. The van der Waals surface area contributed by atoms with E-state index in [0.29, 0.717) is 0 Å². The smallest absolute Gasteiger partial charge is 0.194 e. The van der Waals surface area contributed by atoms with Gasteiger partial charge in [0.1, 0.15) is 6.10 Å². The molecule has 0 bridgehead atoms. The van der Waals surface area contributed by atoms with E-state index in [1.165, 1.54) is 0 Å². The van der Waals surface area contributed by atoms with E-state index < -0.39 is 0 Å². The number of benzene rings is 1. The number of carbonyl (C=O) groups is 1. The molecule has 0 aromatic heterocycles. The predicted octanol–water partition coefficient (Wildman–Crippen LogP) is 2.05. The summed E-state index contributed by atoms with van der Waals surface area (Å²) in [5, 5.41) is 0. The molecule has 1 aliphatic rings. The average molecular weight is 176 g/mol. The SMILES string of the molecule is CC1(C)O[C@@H]1C(=O)c1ccccc1. The van der Waals surface area contributed by atoms with Crippen molar-refractivity contribution in [2.45, 2.75) is 25.6 Å². The number of carbonyl (C=O) groups excluding carboxylic acids is 1. The van der Waals surface area contributed by atoms with Crippen LogP contribution in [-0.2, 0) is 4.74 Å². The van der Waals surface area contributed by atoms with Crippen LogP contribution in [-0.4, -0.2) is 17.5 Å². The largest absolute Gasteiger partial charge is 0.358 e. The van der Waals surface area contributed by atoms with Crippen LogP contribution in [0.1, 0.15) is 24.2 Å². The molecule has 0 spiro atoms. The van der Waals surface area contributed by atoms with Gasteiger partial charge in [-0.05, 0) is 13.8 Å². The van der Waals surface area contributed by atoms with Crippen LogP contribution in [0.15, 0.2) is 30.3 Å². The van der Waals surface area contributed by atoms with Crippen LogP contribution in [0, 0.1) is 0 Å². The fraction of sp³-hybridized carbons (Fsp3) is 0.364. The maximum absolute atomic E-state index is 11.7. The fourth-order valence-corrected chi connectivity index (χ4v) is 1.39. The van der Waals surface area contributed by atoms with Gasteiger partial charge in [-0.2, -0.15) is 0 Å². The Bertz CT molecular complexity index is 327. The zero-order chi connectivity index (χ0) is 9.47. The average Bonchev–Trinajstić information content (AvgIpc) is 2.76. The van der Waals surface area contributed by atoms with Crippen LogP contribution in [0.4, 0.5) is 0 Å². The maximum atomic E-state index is 11.7. The van der Waals surface area contributed by atoms with Gasteiger partial charge in [-0.1, -0.05) is 30.3 Å². The van der Waals surface area contributed by atoms with Crippen molar-refractivity contribution in [2.24, 2.45) is 0 Å². The molecule has 0 unspecified atom stereocenters. The van der Waals surface area contributed by atoms with E-state index in [4.69, 9.17) is 4.74 Å². The Morgan fingerprint density at radius 2 is 1.85 bits per heavy atom. The highest BCUT2D eigenvalue weighted by Gasteiger charge is 2.52. The second-order valence-electron chi connectivity index (χ2n) is 3.83. The van der Waals surface area contributed by atoms with Crippen LogP contribution >= 0.6 is 0 Å². The highest BCUT2D eigenvalue weighted by molar-refractivity contribution is 6.01. The summed E-state index contributed by atoms with van der Waals surface area (Å²) in [6, 6.07) is 9.26. The first-order valence-electron chi connectivity index (χ1n) is 4.38. The molecule has 1 aromatic rings. The van der Waals surface area contributed by atoms with E-state index in [1.807, 2.05) is 44.2 Å². The van der Waals surface area contributed by atoms with Crippen molar-refractivity contribution in [3.63, 3.8) is 0 Å². The first kappa shape index (κ1) is 8.45. The van der Waals surface area contributed by atoms with E-state index in [1.54, 1.807) is 0 Å². The minimum Gasteiger partial charge on any atom is -0.358 e. The third-order valence-corrected chi connectivity index (χ3v) is 2.29. The van der Waals surface area contributed by atoms with E-state index >= 15 is 0 Å². The first-order chi connectivity index (χ1) is 6.11. The van der Waals surface area contributed by atoms with Gasteiger partial charge in [0.2, 0.25) is 0 Å². The van der Waals surface area contributed by atoms with Crippen LogP contribution in [0.2, 0.25) is 0 Å². The van der Waals surface area contributed by atoms with E-state index in [0.717, 1.165) is 5.56 Å². The minimum atomic E-state index is -0.257. The minimum absolute atomic E-state index is 0.0885. The van der Waals surface area contributed by atoms with Crippen molar-refractivity contribution in [3.05, 3.63) is 35.9 Å². The van der Waals surface area contributed by atoms with Gasteiger partial charge < -0.3 is 4.74 Å². The molecule has 1 aromatic carbocycles. The Labute approximate surface area is 77.5 Å². The summed E-state index contributed by atoms with van der Waals surface area (Å²) in [7, 11) is 0. The zero-order valence-electron chi connectivity index (χ0n) is 7.78. The van der Waals surface area contributed by atoms with E-state index in [9.17, 15) is 4.79 Å². The van der Waals surface area contributed by atoms with E-state index in [-0.39, 0.29) is 17.5 Å². The molecule has 2 nitrogen and oxygen atoms in total. The number of rotatable bonds is 2. The summed E-state index contributed by atoms with van der Waals surface area (Å²) in [6.45, 7) is 3.86. The first-order valence-corrected chi connectivity index (χ1v) is 4.38. The number of ether oxygens (including phenoxy) is 1. The van der Waals surface area contributed by atoms with Crippen LogP contribution in [0.25, 0.3) is 0 Å². The van der Waals surface area contributed by atoms with Gasteiger partial charge in [0.05, 0.1) is 5.60 Å². The summed E-state index contributed by atoms with van der Waals surface area (Å²) in [6.07, 6.45) is -0.241. The number of hydrogen-bond donors (Lipinski definition) is 0. The lowest BCUT2D eigenvalue weighted by atomic mass is 10.0. The third-order valence-electron chi connectivity index (χ3n) is 2.29. The number of epoxide rings is 1. The molecule has 13 heavy (non-hydrogen) atoms. The molecule has 2 rings (SSSR count). The molecule has 2 heteroatoms. The third kappa shape index (κ3) is 1.49. The monoisotopic (exact) mass is 176 g/mol. The Morgan fingerprint density at radius 3 is 2.31 bits per heavy atom. The van der Waals surface area contributed by atoms with Crippen molar-refractivity contribution in [1.29, 1.82) is 0 Å². The summed E-state index contributed by atoms with van der Waals surface area (Å²) < 4.78 is 5.27. The Morgan fingerprint density at radius 1 is 1.31 bits per heavy atom. The molecule has 1 fully saturated rings. The normalized spacial score (nSPS) is 24.0. The molecular formula is C11H12O2. The number of hydrogen-bond acceptors (Lipinski definition) is 2. The van der Waals surface area contributed by atoms with Crippen molar-refractivity contribution < 1.29 is 9.53 Å². The van der Waals surface area contributed by atoms with Crippen molar-refractivity contribution in [2.75, 3.05) is 0 Å². The summed E-state index contributed by atoms with van der Waals surface area (Å²) >= 11 is 0. The number of Topliss-reactive ketones (excluding diaryl/α,β-unsaturated/α-hetero) is 1. The zero-order valence-corrected chi connectivity index (χ0v) is 7.78. The van der Waals surface area contributed by atoms with Gasteiger partial charge in [-0.25, -0.2) is 0 Å². The molecule has 0 N–H and O–H groups in total.